The van der Waals surface area contributed by atoms with Crippen LogP contribution in [0.5, 0.6) is 0 Å². The van der Waals surface area contributed by atoms with Gasteiger partial charge in [-0.25, -0.2) is 23.7 Å². The van der Waals surface area contributed by atoms with Gasteiger partial charge in [-0.3, -0.25) is 4.79 Å². The summed E-state index contributed by atoms with van der Waals surface area (Å²) in [5.74, 6) is -0.951. The van der Waals surface area contributed by atoms with Gasteiger partial charge >= 0.3 is 0 Å². The zero-order valence-electron chi connectivity index (χ0n) is 19.9. The Kier molecular flexibility index (Phi) is 7.75. The maximum Gasteiger partial charge on any atom is 0.251 e. The molecule has 0 saturated heterocycles. The van der Waals surface area contributed by atoms with Crippen LogP contribution in [-0.2, 0) is 6.42 Å². The number of H-pyrrole nitrogens is 1. The van der Waals surface area contributed by atoms with Gasteiger partial charge < -0.3 is 10.3 Å². The number of amides is 1. The molecule has 3 aromatic carbocycles. The number of hydrogen-bond acceptors (Lipinski definition) is 4. The van der Waals surface area contributed by atoms with Gasteiger partial charge in [-0.1, -0.05) is 13.8 Å². The molecular weight excluding hydrogens is 460 g/mol. The van der Waals surface area contributed by atoms with Crippen LogP contribution in [0.2, 0.25) is 0 Å². The molecular formula is C28H25F2N5O. The quantitative estimate of drug-likeness (QED) is 0.311. The summed E-state index contributed by atoms with van der Waals surface area (Å²) in [6.07, 6.45) is 3.94. The molecule has 0 spiro atoms. The molecule has 0 atom stereocenters. The molecule has 182 valence electrons. The van der Waals surface area contributed by atoms with Crippen LogP contribution in [-0.4, -0.2) is 32.4 Å². The van der Waals surface area contributed by atoms with E-state index in [-0.39, 0.29) is 17.5 Å². The molecule has 0 radical (unpaired) electrons. The summed E-state index contributed by atoms with van der Waals surface area (Å²) >= 11 is 0. The Morgan fingerprint density at radius 3 is 1.97 bits per heavy atom. The summed E-state index contributed by atoms with van der Waals surface area (Å²) in [7, 11) is 0. The molecule has 0 unspecified atom stereocenters. The van der Waals surface area contributed by atoms with E-state index >= 15 is 0 Å². The zero-order chi connectivity index (χ0) is 25.5. The number of aromatic amines is 1. The average molecular weight is 486 g/mol. The molecule has 8 heteroatoms. The molecule has 36 heavy (non-hydrogen) atoms. The monoisotopic (exact) mass is 485 g/mol. The Hall–Kier alpha value is -4.46. The van der Waals surface area contributed by atoms with E-state index in [0.29, 0.717) is 52.1 Å². The van der Waals surface area contributed by atoms with E-state index in [1.807, 2.05) is 13.8 Å². The van der Waals surface area contributed by atoms with E-state index < -0.39 is 0 Å². The number of imidazole rings is 1. The predicted molar refractivity (Wildman–Crippen MR) is 136 cm³/mol. The number of carbonyl (C=O) groups excluding carboxylic acids is 1. The van der Waals surface area contributed by atoms with Gasteiger partial charge in [-0.05, 0) is 66.7 Å². The molecule has 0 bridgehead atoms. The fourth-order valence-electron chi connectivity index (χ4n) is 3.65. The minimum atomic E-state index is -0.366. The third-order valence-corrected chi connectivity index (χ3v) is 5.40. The Balaban J connectivity index is 0.00000148. The second-order valence-electron chi connectivity index (χ2n) is 7.72. The molecule has 6 nitrogen and oxygen atoms in total. The van der Waals surface area contributed by atoms with Crippen molar-refractivity contribution in [2.75, 3.05) is 6.54 Å². The van der Waals surface area contributed by atoms with Crippen LogP contribution in [0.15, 0.2) is 79.3 Å². The molecule has 2 heterocycles. The van der Waals surface area contributed by atoms with Crippen LogP contribution < -0.4 is 5.32 Å². The zero-order valence-corrected chi connectivity index (χ0v) is 19.9. The number of halogens is 2. The van der Waals surface area contributed by atoms with E-state index in [2.05, 4.69) is 15.3 Å². The van der Waals surface area contributed by atoms with E-state index in [1.54, 1.807) is 55.0 Å². The highest BCUT2D eigenvalue weighted by atomic mass is 19.1. The molecule has 0 aliphatic carbocycles. The third kappa shape index (κ3) is 5.60. The molecule has 1 amide bonds. The number of aromatic nitrogens is 4. The van der Waals surface area contributed by atoms with Gasteiger partial charge in [0.15, 0.2) is 0 Å². The fraction of sp³-hybridized carbons (Fsp3) is 0.143. The first-order chi connectivity index (χ1) is 17.6. The van der Waals surface area contributed by atoms with Crippen LogP contribution >= 0.6 is 0 Å². The standard InChI is InChI=1S/C26H19F2N5O.C2H6/c27-19-6-1-16(2-7-19)24-25(17-3-8-20(28)9-4-17)33-23-13-18(5-10-22(23)32-24)26(34)30-12-11-21-14-29-15-31-21;1-2/h1-10,13-15H,11-12H2,(H,29,31)(H,30,34);1-2H3. The summed E-state index contributed by atoms with van der Waals surface area (Å²) in [5, 5.41) is 2.88. The summed E-state index contributed by atoms with van der Waals surface area (Å²) < 4.78 is 27.0. The molecule has 0 aliphatic rings. The number of carbonyl (C=O) groups is 1. The van der Waals surface area contributed by atoms with Crippen molar-refractivity contribution in [1.82, 2.24) is 25.3 Å². The highest BCUT2D eigenvalue weighted by molar-refractivity contribution is 5.98. The van der Waals surface area contributed by atoms with Gasteiger partial charge in [0.25, 0.3) is 5.91 Å². The molecule has 5 rings (SSSR count). The Bertz CT molecular complexity index is 1450. The maximum absolute atomic E-state index is 13.5. The van der Waals surface area contributed by atoms with E-state index in [0.717, 1.165) is 5.69 Å². The lowest BCUT2D eigenvalue weighted by molar-refractivity contribution is 0.0954. The van der Waals surface area contributed by atoms with Crippen molar-refractivity contribution in [2.45, 2.75) is 20.3 Å². The minimum absolute atomic E-state index is 0.228. The van der Waals surface area contributed by atoms with Crippen molar-refractivity contribution in [3.63, 3.8) is 0 Å². The third-order valence-electron chi connectivity index (χ3n) is 5.40. The average Bonchev–Trinajstić information content (AvgIpc) is 3.43. The number of nitrogens with zero attached hydrogens (tertiary/aromatic N) is 3. The van der Waals surface area contributed by atoms with Gasteiger partial charge in [0.05, 0.1) is 28.7 Å². The Morgan fingerprint density at radius 1 is 0.833 bits per heavy atom. The summed E-state index contributed by atoms with van der Waals surface area (Å²) in [6, 6.07) is 17.0. The van der Waals surface area contributed by atoms with Crippen LogP contribution in [0.3, 0.4) is 0 Å². The second-order valence-corrected chi connectivity index (χ2v) is 7.72. The van der Waals surface area contributed by atoms with Crippen molar-refractivity contribution in [1.29, 1.82) is 0 Å². The second kappa shape index (κ2) is 11.3. The van der Waals surface area contributed by atoms with Gasteiger partial charge in [0, 0.05) is 41.5 Å². The van der Waals surface area contributed by atoms with Crippen molar-refractivity contribution in [3.05, 3.63) is 102 Å². The Labute approximate surface area is 207 Å². The van der Waals surface area contributed by atoms with Crippen LogP contribution in [0.25, 0.3) is 33.5 Å². The normalized spacial score (nSPS) is 10.6. The number of rotatable bonds is 6. The lowest BCUT2D eigenvalue weighted by Gasteiger charge is -2.12. The molecule has 5 aromatic rings. The number of fused-ring (bicyclic) bond motifs is 1. The first-order valence-corrected chi connectivity index (χ1v) is 11.7. The number of nitrogens with one attached hydrogen (secondary N) is 2. The highest BCUT2D eigenvalue weighted by Gasteiger charge is 2.15. The molecule has 0 aliphatic heterocycles. The van der Waals surface area contributed by atoms with Crippen molar-refractivity contribution in [3.8, 4) is 22.5 Å². The van der Waals surface area contributed by atoms with Crippen molar-refractivity contribution >= 4 is 16.9 Å². The van der Waals surface area contributed by atoms with E-state index in [4.69, 9.17) is 9.97 Å². The largest absolute Gasteiger partial charge is 0.352 e. The molecule has 2 N–H and O–H groups in total. The van der Waals surface area contributed by atoms with Crippen LogP contribution in [0.4, 0.5) is 8.78 Å². The number of hydrogen-bond donors (Lipinski definition) is 2. The van der Waals surface area contributed by atoms with Gasteiger partial charge in [0.2, 0.25) is 0 Å². The summed E-state index contributed by atoms with van der Waals surface area (Å²) in [5.41, 5.74) is 4.87. The summed E-state index contributed by atoms with van der Waals surface area (Å²) in [4.78, 5) is 29.1. The van der Waals surface area contributed by atoms with E-state index in [9.17, 15) is 13.6 Å². The van der Waals surface area contributed by atoms with Crippen LogP contribution in [0, 0.1) is 11.6 Å². The molecule has 2 aromatic heterocycles. The maximum atomic E-state index is 13.5. The smallest absolute Gasteiger partial charge is 0.251 e. The van der Waals surface area contributed by atoms with Gasteiger partial charge in [-0.2, -0.15) is 0 Å². The predicted octanol–water partition coefficient (Wildman–Crippen LogP) is 5.96. The lowest BCUT2D eigenvalue weighted by atomic mass is 10.0. The first kappa shape index (κ1) is 24.7. The Morgan fingerprint density at radius 2 is 1.42 bits per heavy atom. The minimum Gasteiger partial charge on any atom is -0.352 e. The number of benzene rings is 3. The van der Waals surface area contributed by atoms with Crippen LogP contribution in [0.1, 0.15) is 29.9 Å². The molecule has 0 saturated carbocycles. The summed E-state index contributed by atoms with van der Waals surface area (Å²) in [6.45, 7) is 4.45. The molecule has 0 fully saturated rings. The van der Waals surface area contributed by atoms with Crippen molar-refractivity contribution in [2.24, 2.45) is 0 Å². The first-order valence-electron chi connectivity index (χ1n) is 11.7. The van der Waals surface area contributed by atoms with E-state index in [1.165, 1.54) is 24.3 Å². The SMILES string of the molecule is CC.O=C(NCCc1cnc[nH]1)c1ccc2nc(-c3ccc(F)cc3)c(-c3ccc(F)cc3)nc2c1. The fourth-order valence-corrected chi connectivity index (χ4v) is 3.65. The van der Waals surface area contributed by atoms with Gasteiger partial charge in [-0.15, -0.1) is 0 Å². The van der Waals surface area contributed by atoms with Gasteiger partial charge in [0.1, 0.15) is 11.6 Å². The van der Waals surface area contributed by atoms with Crippen molar-refractivity contribution < 1.29 is 13.6 Å². The lowest BCUT2D eigenvalue weighted by Crippen LogP contribution is -2.25. The topological polar surface area (TPSA) is 83.6 Å². The highest BCUT2D eigenvalue weighted by Crippen LogP contribution is 2.31.